The summed E-state index contributed by atoms with van der Waals surface area (Å²) in [6, 6.07) is 0. The molecule has 8 heteroatoms. The van der Waals surface area contributed by atoms with E-state index in [0.29, 0.717) is 0 Å². The molecule has 0 saturated heterocycles. The smallest absolute Gasteiger partial charge is 0.270 e. The van der Waals surface area contributed by atoms with Gasteiger partial charge in [0.05, 0.1) is 13.1 Å². The van der Waals surface area contributed by atoms with Gasteiger partial charge in [0.15, 0.2) is 0 Å². The van der Waals surface area contributed by atoms with E-state index in [0.717, 1.165) is 0 Å². The number of alkyl halides is 4. The summed E-state index contributed by atoms with van der Waals surface area (Å²) in [5.74, 6) is -2.02. The highest BCUT2D eigenvalue weighted by atomic mass is 35.5. The molecule has 0 fully saturated rings. The Morgan fingerprint density at radius 2 is 1.79 bits per heavy atom. The molecule has 0 bridgehead atoms. The van der Waals surface area contributed by atoms with Gasteiger partial charge in [-0.2, -0.15) is 0 Å². The van der Waals surface area contributed by atoms with Gasteiger partial charge in [0, 0.05) is 0 Å². The molecule has 2 N–H and O–H groups in total. The lowest BCUT2D eigenvalue weighted by Crippen LogP contribution is -2.40. The van der Waals surface area contributed by atoms with E-state index in [9.17, 15) is 22.8 Å². The molecule has 0 aromatic carbocycles. The van der Waals surface area contributed by atoms with E-state index in [1.54, 1.807) is 5.32 Å². The highest BCUT2D eigenvalue weighted by molar-refractivity contribution is 6.29. The second-order valence-corrected chi connectivity index (χ2v) is 2.60. The number of carbonyl (C=O) groups excluding carboxylic acids is 2. The number of halogens is 4. The van der Waals surface area contributed by atoms with Crippen LogP contribution in [0.15, 0.2) is 0 Å². The maximum absolute atomic E-state index is 12.0. The van der Waals surface area contributed by atoms with Crippen molar-refractivity contribution >= 4 is 23.4 Å². The van der Waals surface area contributed by atoms with Crippen LogP contribution in [0.4, 0.5) is 13.2 Å². The summed E-state index contributed by atoms with van der Waals surface area (Å²) in [5, 5.41) is 3.61. The van der Waals surface area contributed by atoms with Crippen LogP contribution in [0.5, 0.6) is 0 Å². The van der Waals surface area contributed by atoms with Crippen LogP contribution in [0.3, 0.4) is 0 Å². The third kappa shape index (κ3) is 6.53. The summed E-state index contributed by atoms with van der Waals surface area (Å²) in [6.45, 7) is -1.40. The second-order valence-electron chi connectivity index (χ2n) is 2.21. The predicted octanol–water partition coefficient (Wildman–Crippen LogP) is 0.0183. The Morgan fingerprint density at radius 3 is 2.21 bits per heavy atom. The summed E-state index contributed by atoms with van der Waals surface area (Å²) in [7, 11) is 0. The highest BCUT2D eigenvalue weighted by Gasteiger charge is 2.14. The lowest BCUT2D eigenvalue weighted by atomic mass is 10.5. The summed E-state index contributed by atoms with van der Waals surface area (Å²) >= 11 is 4.71. The molecule has 0 aliphatic carbocycles. The number of hydrogen-bond donors (Lipinski definition) is 2. The normalized spacial score (nSPS) is 12.4. The van der Waals surface area contributed by atoms with Crippen molar-refractivity contribution in [2.24, 2.45) is 0 Å². The molecule has 1 unspecified atom stereocenters. The Balaban J connectivity index is 3.59. The molecular weight excluding hydrogens is 225 g/mol. The van der Waals surface area contributed by atoms with Gasteiger partial charge in [-0.1, -0.05) is 11.6 Å². The zero-order chi connectivity index (χ0) is 11.1. The van der Waals surface area contributed by atoms with Crippen molar-refractivity contribution in [3.8, 4) is 0 Å². The summed E-state index contributed by atoms with van der Waals surface area (Å²) in [4.78, 5) is 21.1. The molecule has 0 spiro atoms. The zero-order valence-electron chi connectivity index (χ0n) is 6.90. The van der Waals surface area contributed by atoms with E-state index >= 15 is 0 Å². The monoisotopic (exact) mass is 232 g/mol. The lowest BCUT2D eigenvalue weighted by Gasteiger charge is -2.05. The number of amides is 2. The predicted molar refractivity (Wildman–Crippen MR) is 42.8 cm³/mol. The fraction of sp³-hybridized carbons (Fsp3) is 0.667. The molecule has 4 nitrogen and oxygen atoms in total. The third-order valence-electron chi connectivity index (χ3n) is 1.07. The maximum atomic E-state index is 12.0. The molecule has 82 valence electrons. The van der Waals surface area contributed by atoms with Gasteiger partial charge in [-0.25, -0.2) is 13.2 Å². The van der Waals surface area contributed by atoms with Gasteiger partial charge in [0.1, 0.15) is 0 Å². The molecule has 0 radical (unpaired) electrons. The average Bonchev–Trinajstić information content (AvgIpc) is 2.10. The standard InChI is InChI=1S/C6H8ClF3N2O2/c7-5(10)6(14)12-2-4(13)11-1-3(8)9/h3,5H,1-2H2,(H,11,13)(H,12,14). The first-order valence-electron chi connectivity index (χ1n) is 3.54. The van der Waals surface area contributed by atoms with Gasteiger partial charge in [-0.3, -0.25) is 9.59 Å². The van der Waals surface area contributed by atoms with E-state index in [2.05, 4.69) is 0 Å². The fourth-order valence-electron chi connectivity index (χ4n) is 0.498. The SMILES string of the molecule is O=C(CNC(=O)C(F)Cl)NCC(F)F. The molecule has 0 aliphatic rings. The first-order chi connectivity index (χ1) is 6.43. The van der Waals surface area contributed by atoms with Crippen LogP contribution in [0.25, 0.3) is 0 Å². The van der Waals surface area contributed by atoms with Crippen LogP contribution in [-0.2, 0) is 9.59 Å². The fourth-order valence-corrected chi connectivity index (χ4v) is 0.575. The number of carbonyl (C=O) groups is 2. The molecule has 2 amide bonds. The largest absolute Gasteiger partial charge is 0.349 e. The number of nitrogens with one attached hydrogen (secondary N) is 2. The summed E-state index contributed by atoms with van der Waals surface area (Å²) in [5.41, 5.74) is -2.25. The highest BCUT2D eigenvalue weighted by Crippen LogP contribution is 1.94. The Bertz CT molecular complexity index is 213. The maximum Gasteiger partial charge on any atom is 0.270 e. The topological polar surface area (TPSA) is 58.2 Å². The van der Waals surface area contributed by atoms with Crippen molar-refractivity contribution in [2.75, 3.05) is 13.1 Å². The first kappa shape index (κ1) is 13.0. The molecule has 1 atom stereocenters. The Kier molecular flexibility index (Phi) is 6.02. The van der Waals surface area contributed by atoms with Crippen molar-refractivity contribution in [3.63, 3.8) is 0 Å². The quantitative estimate of drug-likeness (QED) is 0.657. The Labute approximate surface area is 82.8 Å². The van der Waals surface area contributed by atoms with Crippen LogP contribution < -0.4 is 10.6 Å². The molecule has 0 aliphatic heterocycles. The third-order valence-corrected chi connectivity index (χ3v) is 1.27. The molecular formula is C6H8ClF3N2O2. The Morgan fingerprint density at radius 1 is 1.21 bits per heavy atom. The van der Waals surface area contributed by atoms with Crippen molar-refractivity contribution in [1.29, 1.82) is 0 Å². The van der Waals surface area contributed by atoms with Crippen LogP contribution in [0, 0.1) is 0 Å². The molecule has 0 saturated carbocycles. The van der Waals surface area contributed by atoms with E-state index in [1.165, 1.54) is 0 Å². The summed E-state index contributed by atoms with van der Waals surface area (Å²) < 4.78 is 35.0. The van der Waals surface area contributed by atoms with Gasteiger partial charge in [0.25, 0.3) is 18.0 Å². The van der Waals surface area contributed by atoms with Crippen LogP contribution in [0.2, 0.25) is 0 Å². The molecule has 0 rings (SSSR count). The minimum atomic E-state index is -2.67. The van der Waals surface area contributed by atoms with Crippen LogP contribution in [0.1, 0.15) is 0 Å². The molecule has 14 heavy (non-hydrogen) atoms. The first-order valence-corrected chi connectivity index (χ1v) is 3.98. The van der Waals surface area contributed by atoms with Crippen molar-refractivity contribution in [2.45, 2.75) is 12.1 Å². The van der Waals surface area contributed by atoms with Crippen LogP contribution >= 0.6 is 11.6 Å². The zero-order valence-corrected chi connectivity index (χ0v) is 7.65. The number of rotatable bonds is 5. The summed E-state index contributed by atoms with van der Waals surface area (Å²) in [6.07, 6.45) is -2.67. The molecule has 0 aromatic heterocycles. The van der Waals surface area contributed by atoms with Gasteiger partial charge < -0.3 is 10.6 Å². The van der Waals surface area contributed by atoms with Gasteiger partial charge in [0.2, 0.25) is 5.91 Å². The number of hydrogen-bond acceptors (Lipinski definition) is 2. The van der Waals surface area contributed by atoms with Crippen molar-refractivity contribution in [1.82, 2.24) is 10.6 Å². The minimum Gasteiger partial charge on any atom is -0.349 e. The molecule has 0 aromatic rings. The lowest BCUT2D eigenvalue weighted by molar-refractivity contribution is -0.127. The minimum absolute atomic E-state index is 0.585. The van der Waals surface area contributed by atoms with Crippen molar-refractivity contribution in [3.05, 3.63) is 0 Å². The van der Waals surface area contributed by atoms with Crippen molar-refractivity contribution < 1.29 is 22.8 Å². The van der Waals surface area contributed by atoms with E-state index in [4.69, 9.17) is 11.6 Å². The van der Waals surface area contributed by atoms with Crippen LogP contribution in [-0.4, -0.2) is 37.0 Å². The molecule has 0 heterocycles. The second kappa shape index (κ2) is 6.47. The van der Waals surface area contributed by atoms with Gasteiger partial charge in [-0.05, 0) is 0 Å². The van der Waals surface area contributed by atoms with Gasteiger partial charge >= 0.3 is 0 Å². The van der Waals surface area contributed by atoms with E-state index in [1.807, 2.05) is 5.32 Å². The average molecular weight is 233 g/mol. The van der Waals surface area contributed by atoms with E-state index < -0.39 is 37.0 Å². The Hall–Kier alpha value is -0.980. The van der Waals surface area contributed by atoms with Gasteiger partial charge in [-0.15, -0.1) is 0 Å². The van der Waals surface area contributed by atoms with E-state index in [-0.39, 0.29) is 0 Å².